The van der Waals surface area contributed by atoms with Gasteiger partial charge in [0.25, 0.3) is 0 Å². The predicted octanol–water partition coefficient (Wildman–Crippen LogP) is 1.80. The summed E-state index contributed by atoms with van der Waals surface area (Å²) in [4.78, 5) is 11.4. The number of carbonyl (C=O) groups is 1. The van der Waals surface area contributed by atoms with E-state index in [-0.39, 0.29) is 11.3 Å². The maximum atomic E-state index is 11.4. The van der Waals surface area contributed by atoms with E-state index in [0.717, 1.165) is 6.42 Å². The topological polar surface area (TPSA) is 29.1 Å². The van der Waals surface area contributed by atoms with Crippen LogP contribution in [0.1, 0.15) is 34.1 Å². The number of hydrogen-bond acceptors (Lipinski definition) is 1. The lowest BCUT2D eigenvalue weighted by atomic mass is 9.76. The van der Waals surface area contributed by atoms with Crippen LogP contribution in [0.25, 0.3) is 0 Å². The van der Waals surface area contributed by atoms with Crippen LogP contribution in [0.15, 0.2) is 0 Å². The molecule has 0 aliphatic rings. The summed E-state index contributed by atoms with van der Waals surface area (Å²) in [6.07, 6.45) is 0.893. The Bertz CT molecular complexity index is 142. The molecule has 1 amide bonds. The predicted molar refractivity (Wildman–Crippen MR) is 47.3 cm³/mol. The van der Waals surface area contributed by atoms with E-state index in [9.17, 15) is 4.79 Å². The van der Waals surface area contributed by atoms with Gasteiger partial charge in [-0.25, -0.2) is 0 Å². The SMILES string of the molecule is CCC(C)(C(=O)NC)C(C)C. The Kier molecular flexibility index (Phi) is 3.56. The van der Waals surface area contributed by atoms with E-state index < -0.39 is 0 Å². The van der Waals surface area contributed by atoms with Crippen LogP contribution in [-0.2, 0) is 4.79 Å². The summed E-state index contributed by atoms with van der Waals surface area (Å²) >= 11 is 0. The van der Waals surface area contributed by atoms with E-state index in [4.69, 9.17) is 0 Å². The lowest BCUT2D eigenvalue weighted by Gasteiger charge is -2.30. The zero-order chi connectivity index (χ0) is 9.07. The zero-order valence-corrected chi connectivity index (χ0v) is 8.19. The lowest BCUT2D eigenvalue weighted by Crippen LogP contribution is -2.40. The molecule has 0 saturated carbocycles. The van der Waals surface area contributed by atoms with Gasteiger partial charge in [0.2, 0.25) is 5.91 Å². The average Bonchev–Trinajstić information content (AvgIpc) is 2.01. The number of carbonyl (C=O) groups excluding carboxylic acids is 1. The monoisotopic (exact) mass is 157 g/mol. The molecule has 1 unspecified atom stereocenters. The van der Waals surface area contributed by atoms with Crippen molar-refractivity contribution in [1.82, 2.24) is 5.32 Å². The normalized spacial score (nSPS) is 16.2. The second-order valence-electron chi connectivity index (χ2n) is 3.50. The van der Waals surface area contributed by atoms with Gasteiger partial charge in [-0.3, -0.25) is 4.79 Å². The van der Waals surface area contributed by atoms with Crippen molar-refractivity contribution in [3.8, 4) is 0 Å². The van der Waals surface area contributed by atoms with E-state index in [0.29, 0.717) is 5.92 Å². The molecule has 0 spiro atoms. The molecule has 1 N–H and O–H groups in total. The van der Waals surface area contributed by atoms with Crippen LogP contribution in [0.2, 0.25) is 0 Å². The molecular formula is C9H19NO. The highest BCUT2D eigenvalue weighted by Gasteiger charge is 2.33. The number of amides is 1. The summed E-state index contributed by atoms with van der Waals surface area (Å²) in [6.45, 7) is 8.23. The van der Waals surface area contributed by atoms with Gasteiger partial charge < -0.3 is 5.32 Å². The molecule has 0 aromatic carbocycles. The Labute approximate surface area is 69.4 Å². The van der Waals surface area contributed by atoms with Crippen LogP contribution in [0.3, 0.4) is 0 Å². The molecule has 2 heteroatoms. The molecule has 0 aliphatic carbocycles. The van der Waals surface area contributed by atoms with Crippen molar-refractivity contribution < 1.29 is 4.79 Å². The molecule has 11 heavy (non-hydrogen) atoms. The van der Waals surface area contributed by atoms with Crippen LogP contribution in [-0.4, -0.2) is 13.0 Å². The van der Waals surface area contributed by atoms with Crippen LogP contribution in [0.4, 0.5) is 0 Å². The van der Waals surface area contributed by atoms with Crippen molar-refractivity contribution in [2.24, 2.45) is 11.3 Å². The summed E-state index contributed by atoms with van der Waals surface area (Å²) < 4.78 is 0. The Morgan fingerprint density at radius 1 is 1.55 bits per heavy atom. The molecule has 0 aliphatic heterocycles. The van der Waals surface area contributed by atoms with Crippen LogP contribution in [0.5, 0.6) is 0 Å². The zero-order valence-electron chi connectivity index (χ0n) is 8.19. The second kappa shape index (κ2) is 3.74. The van der Waals surface area contributed by atoms with Gasteiger partial charge in [0.1, 0.15) is 0 Å². The molecule has 0 fully saturated rings. The van der Waals surface area contributed by atoms with Crippen molar-refractivity contribution in [3.05, 3.63) is 0 Å². The highest BCUT2D eigenvalue weighted by Crippen LogP contribution is 2.30. The molecule has 0 rings (SSSR count). The molecule has 0 saturated heterocycles. The average molecular weight is 157 g/mol. The van der Waals surface area contributed by atoms with E-state index in [2.05, 4.69) is 26.1 Å². The lowest BCUT2D eigenvalue weighted by molar-refractivity contribution is -0.132. The third kappa shape index (κ3) is 1.95. The molecule has 0 bridgehead atoms. The van der Waals surface area contributed by atoms with E-state index in [1.807, 2.05) is 6.92 Å². The second-order valence-corrected chi connectivity index (χ2v) is 3.50. The van der Waals surface area contributed by atoms with Crippen molar-refractivity contribution in [2.45, 2.75) is 34.1 Å². The van der Waals surface area contributed by atoms with Gasteiger partial charge in [-0.2, -0.15) is 0 Å². The van der Waals surface area contributed by atoms with Crippen LogP contribution >= 0.6 is 0 Å². The third-order valence-corrected chi connectivity index (χ3v) is 2.75. The fourth-order valence-corrected chi connectivity index (χ4v) is 1.12. The molecular weight excluding hydrogens is 138 g/mol. The quantitative estimate of drug-likeness (QED) is 0.665. The third-order valence-electron chi connectivity index (χ3n) is 2.75. The van der Waals surface area contributed by atoms with Crippen molar-refractivity contribution in [3.63, 3.8) is 0 Å². The number of nitrogens with one attached hydrogen (secondary N) is 1. The maximum Gasteiger partial charge on any atom is 0.225 e. The van der Waals surface area contributed by atoms with Crippen LogP contribution in [0, 0.1) is 11.3 Å². The summed E-state index contributed by atoms with van der Waals surface area (Å²) in [7, 11) is 1.69. The summed E-state index contributed by atoms with van der Waals surface area (Å²) in [5, 5.41) is 2.70. The summed E-state index contributed by atoms with van der Waals surface area (Å²) in [5.41, 5.74) is -0.200. The van der Waals surface area contributed by atoms with Gasteiger partial charge in [-0.15, -0.1) is 0 Å². The standard InChI is InChI=1S/C9H19NO/c1-6-9(4,7(2)3)8(11)10-5/h7H,6H2,1-5H3,(H,10,11). The van der Waals surface area contributed by atoms with Crippen molar-refractivity contribution >= 4 is 5.91 Å². The van der Waals surface area contributed by atoms with Crippen molar-refractivity contribution in [1.29, 1.82) is 0 Å². The first-order chi connectivity index (χ1) is 4.99. The minimum atomic E-state index is -0.200. The van der Waals surface area contributed by atoms with E-state index in [1.54, 1.807) is 7.05 Å². The van der Waals surface area contributed by atoms with E-state index >= 15 is 0 Å². The Morgan fingerprint density at radius 3 is 2.09 bits per heavy atom. The van der Waals surface area contributed by atoms with Crippen molar-refractivity contribution in [2.75, 3.05) is 7.05 Å². The first-order valence-electron chi connectivity index (χ1n) is 4.21. The van der Waals surface area contributed by atoms with E-state index in [1.165, 1.54) is 0 Å². The first-order valence-corrected chi connectivity index (χ1v) is 4.21. The van der Waals surface area contributed by atoms with Gasteiger partial charge in [-0.1, -0.05) is 27.7 Å². The van der Waals surface area contributed by atoms with Gasteiger partial charge in [0.15, 0.2) is 0 Å². The number of rotatable bonds is 3. The van der Waals surface area contributed by atoms with Gasteiger partial charge in [0, 0.05) is 12.5 Å². The molecule has 2 nitrogen and oxygen atoms in total. The number of hydrogen-bond donors (Lipinski definition) is 1. The Morgan fingerprint density at radius 2 is 2.00 bits per heavy atom. The summed E-state index contributed by atoms with van der Waals surface area (Å²) in [6, 6.07) is 0. The Hall–Kier alpha value is -0.530. The highest BCUT2D eigenvalue weighted by molar-refractivity contribution is 5.82. The van der Waals surface area contributed by atoms with Gasteiger partial charge in [-0.05, 0) is 12.3 Å². The fraction of sp³-hybridized carbons (Fsp3) is 0.889. The first kappa shape index (κ1) is 10.5. The van der Waals surface area contributed by atoms with Gasteiger partial charge >= 0.3 is 0 Å². The Balaban J connectivity index is 4.45. The molecule has 0 aromatic heterocycles. The highest BCUT2D eigenvalue weighted by atomic mass is 16.2. The molecule has 0 heterocycles. The molecule has 0 radical (unpaired) electrons. The molecule has 66 valence electrons. The largest absolute Gasteiger partial charge is 0.359 e. The minimum Gasteiger partial charge on any atom is -0.359 e. The fourth-order valence-electron chi connectivity index (χ4n) is 1.12. The minimum absolute atomic E-state index is 0.148. The maximum absolute atomic E-state index is 11.4. The van der Waals surface area contributed by atoms with Gasteiger partial charge in [0.05, 0.1) is 0 Å². The molecule has 0 aromatic rings. The summed E-state index contributed by atoms with van der Waals surface area (Å²) in [5.74, 6) is 0.544. The van der Waals surface area contributed by atoms with Crippen LogP contribution < -0.4 is 5.32 Å². The molecule has 1 atom stereocenters. The smallest absolute Gasteiger partial charge is 0.225 e.